The van der Waals surface area contributed by atoms with Gasteiger partial charge in [-0.1, -0.05) is 12.1 Å². The second-order valence-corrected chi connectivity index (χ2v) is 6.27. The highest BCUT2D eigenvalue weighted by Crippen LogP contribution is 2.44. The van der Waals surface area contributed by atoms with Crippen LogP contribution in [0.2, 0.25) is 0 Å². The van der Waals surface area contributed by atoms with Gasteiger partial charge in [0.1, 0.15) is 5.82 Å². The summed E-state index contributed by atoms with van der Waals surface area (Å²) in [7, 11) is 0. The Morgan fingerprint density at radius 1 is 1.14 bits per heavy atom. The second-order valence-electron chi connectivity index (χ2n) is 6.27. The summed E-state index contributed by atoms with van der Waals surface area (Å²) in [5.74, 6) is 1.65. The van der Waals surface area contributed by atoms with Crippen molar-refractivity contribution in [2.45, 2.75) is 12.6 Å². The average molecular weight is 297 g/mol. The fraction of sp³-hybridized carbons (Fsp3) is 0.375. The Morgan fingerprint density at radius 3 is 2.45 bits per heavy atom. The third-order valence-corrected chi connectivity index (χ3v) is 4.78. The average Bonchev–Trinajstić information content (AvgIpc) is 2.92. The van der Waals surface area contributed by atoms with Gasteiger partial charge >= 0.3 is 5.69 Å². The maximum Gasteiger partial charge on any atom is 0.354 e. The molecule has 0 amide bonds. The first-order chi connectivity index (χ1) is 10.6. The number of nitrogens with two attached hydrogens (primary N) is 2. The largest absolute Gasteiger partial charge is 0.383 e. The molecule has 1 saturated carbocycles. The van der Waals surface area contributed by atoms with Crippen LogP contribution in [0.25, 0.3) is 5.69 Å². The van der Waals surface area contributed by atoms with Crippen LogP contribution >= 0.6 is 0 Å². The minimum Gasteiger partial charge on any atom is -0.383 e. The SMILES string of the molecule is Nc1ccn(-c2ccc(CN3C[C@@H]4C(N)[C@@H]4C3)cc2)c(=O)n1. The molecule has 22 heavy (non-hydrogen) atoms. The predicted molar refractivity (Wildman–Crippen MR) is 84.5 cm³/mol. The van der Waals surface area contributed by atoms with Gasteiger partial charge in [-0.15, -0.1) is 0 Å². The van der Waals surface area contributed by atoms with E-state index in [1.54, 1.807) is 12.3 Å². The maximum atomic E-state index is 11.8. The van der Waals surface area contributed by atoms with Crippen molar-refractivity contribution >= 4 is 5.82 Å². The number of nitrogens with zero attached hydrogens (tertiary/aromatic N) is 3. The lowest BCUT2D eigenvalue weighted by Gasteiger charge is -2.18. The van der Waals surface area contributed by atoms with Gasteiger partial charge in [0.25, 0.3) is 0 Å². The number of hydrogen-bond acceptors (Lipinski definition) is 5. The summed E-state index contributed by atoms with van der Waals surface area (Å²) in [6.07, 6.45) is 1.65. The number of nitrogen functional groups attached to an aromatic ring is 1. The molecule has 1 aromatic carbocycles. The number of anilines is 1. The lowest BCUT2D eigenvalue weighted by Crippen LogP contribution is -2.27. The number of hydrogen-bond donors (Lipinski definition) is 2. The first kappa shape index (κ1) is 13.5. The topological polar surface area (TPSA) is 90.2 Å². The van der Waals surface area contributed by atoms with Gasteiger partial charge in [-0.25, -0.2) is 4.79 Å². The molecule has 1 aromatic heterocycles. The van der Waals surface area contributed by atoms with Crippen LogP contribution in [0.4, 0.5) is 5.82 Å². The minimum atomic E-state index is -0.360. The number of piperidine rings is 1. The highest BCUT2D eigenvalue weighted by atomic mass is 16.1. The molecule has 2 aromatic rings. The molecule has 4 N–H and O–H groups in total. The molecule has 6 nitrogen and oxygen atoms in total. The molecule has 0 spiro atoms. The zero-order valence-electron chi connectivity index (χ0n) is 12.2. The lowest BCUT2D eigenvalue weighted by atomic mass is 10.2. The van der Waals surface area contributed by atoms with Crippen LogP contribution in [0.5, 0.6) is 0 Å². The molecule has 3 atom stereocenters. The molecule has 1 aliphatic heterocycles. The van der Waals surface area contributed by atoms with E-state index in [4.69, 9.17) is 11.5 Å². The Bertz CT molecular complexity index is 742. The molecule has 2 heterocycles. The van der Waals surface area contributed by atoms with Crippen LogP contribution in [0.15, 0.2) is 41.3 Å². The van der Waals surface area contributed by atoms with Crippen molar-refractivity contribution in [2.75, 3.05) is 18.8 Å². The quantitative estimate of drug-likeness (QED) is 0.845. The summed E-state index contributed by atoms with van der Waals surface area (Å²) in [4.78, 5) is 18.0. The summed E-state index contributed by atoms with van der Waals surface area (Å²) in [6.45, 7) is 3.15. The Kier molecular flexibility index (Phi) is 3.02. The van der Waals surface area contributed by atoms with Crippen molar-refractivity contribution in [1.29, 1.82) is 0 Å². The van der Waals surface area contributed by atoms with E-state index in [0.29, 0.717) is 17.9 Å². The van der Waals surface area contributed by atoms with Gasteiger partial charge in [0, 0.05) is 31.9 Å². The van der Waals surface area contributed by atoms with E-state index in [1.807, 2.05) is 12.1 Å². The predicted octanol–water partition coefficient (Wildman–Crippen LogP) is 0.204. The molecular weight excluding hydrogens is 278 g/mol. The number of fused-ring (bicyclic) bond motifs is 1. The van der Waals surface area contributed by atoms with E-state index in [1.165, 1.54) is 10.1 Å². The van der Waals surface area contributed by atoms with Crippen LogP contribution in [-0.2, 0) is 6.54 Å². The van der Waals surface area contributed by atoms with Crippen molar-refractivity contribution in [3.8, 4) is 5.69 Å². The van der Waals surface area contributed by atoms with E-state index in [0.717, 1.165) is 25.3 Å². The molecule has 2 aliphatic rings. The van der Waals surface area contributed by atoms with Gasteiger partial charge in [0.2, 0.25) is 0 Å². The zero-order valence-corrected chi connectivity index (χ0v) is 12.2. The molecule has 0 radical (unpaired) electrons. The van der Waals surface area contributed by atoms with Crippen LogP contribution in [0, 0.1) is 11.8 Å². The van der Waals surface area contributed by atoms with Gasteiger partial charge in [-0.3, -0.25) is 9.47 Å². The highest BCUT2D eigenvalue weighted by Gasteiger charge is 2.53. The van der Waals surface area contributed by atoms with Gasteiger partial charge in [-0.05, 0) is 35.6 Å². The maximum absolute atomic E-state index is 11.8. The molecule has 2 fully saturated rings. The van der Waals surface area contributed by atoms with Crippen LogP contribution in [0.1, 0.15) is 5.56 Å². The van der Waals surface area contributed by atoms with Crippen molar-refractivity contribution in [3.63, 3.8) is 0 Å². The highest BCUT2D eigenvalue weighted by molar-refractivity contribution is 5.36. The Balaban J connectivity index is 1.47. The van der Waals surface area contributed by atoms with Crippen LogP contribution in [0.3, 0.4) is 0 Å². The van der Waals surface area contributed by atoms with Crippen molar-refractivity contribution in [1.82, 2.24) is 14.5 Å². The monoisotopic (exact) mass is 297 g/mol. The number of aromatic nitrogens is 2. The standard InChI is InChI=1S/C16H19N5O/c17-14-5-6-21(16(22)19-14)11-3-1-10(2-4-11)7-20-8-12-13(9-20)15(12)18/h1-6,12-13,15H,7-9,18H2,(H2,17,19,22)/t12-,13+,15?. The number of benzene rings is 1. The number of likely N-dealkylation sites (tertiary alicyclic amines) is 1. The van der Waals surface area contributed by atoms with Gasteiger partial charge < -0.3 is 11.5 Å². The summed E-state index contributed by atoms with van der Waals surface area (Å²) >= 11 is 0. The molecule has 6 heteroatoms. The van der Waals surface area contributed by atoms with E-state index >= 15 is 0 Å². The van der Waals surface area contributed by atoms with Crippen LogP contribution < -0.4 is 17.2 Å². The van der Waals surface area contributed by atoms with Crippen molar-refractivity contribution < 1.29 is 0 Å². The Morgan fingerprint density at radius 2 is 1.82 bits per heavy atom. The van der Waals surface area contributed by atoms with Gasteiger partial charge in [0.15, 0.2) is 0 Å². The smallest absolute Gasteiger partial charge is 0.354 e. The van der Waals surface area contributed by atoms with Gasteiger partial charge in [0.05, 0.1) is 5.69 Å². The lowest BCUT2D eigenvalue weighted by molar-refractivity contribution is 0.290. The van der Waals surface area contributed by atoms with Gasteiger partial charge in [-0.2, -0.15) is 4.98 Å². The summed E-state index contributed by atoms with van der Waals surface area (Å²) in [5, 5.41) is 0. The van der Waals surface area contributed by atoms with E-state index in [-0.39, 0.29) is 11.5 Å². The molecule has 1 saturated heterocycles. The van der Waals surface area contributed by atoms with Crippen LogP contribution in [-0.4, -0.2) is 33.6 Å². The molecular formula is C16H19N5O. The molecule has 4 rings (SSSR count). The first-order valence-electron chi connectivity index (χ1n) is 7.54. The van der Waals surface area contributed by atoms with E-state index in [9.17, 15) is 4.79 Å². The third-order valence-electron chi connectivity index (χ3n) is 4.78. The van der Waals surface area contributed by atoms with Crippen molar-refractivity contribution in [3.05, 3.63) is 52.6 Å². The summed E-state index contributed by atoms with van der Waals surface area (Å²) < 4.78 is 1.49. The minimum absolute atomic E-state index is 0.240. The Labute approximate surface area is 128 Å². The van der Waals surface area contributed by atoms with E-state index in [2.05, 4.69) is 22.0 Å². The second kappa shape index (κ2) is 4.93. The number of rotatable bonds is 3. The molecule has 1 unspecified atom stereocenters. The van der Waals surface area contributed by atoms with E-state index < -0.39 is 0 Å². The fourth-order valence-corrected chi connectivity index (χ4v) is 3.42. The zero-order chi connectivity index (χ0) is 15.3. The normalized spacial score (nSPS) is 26.9. The third kappa shape index (κ3) is 2.30. The molecule has 1 aliphatic carbocycles. The molecule has 0 bridgehead atoms. The Hall–Kier alpha value is -2.18. The summed E-state index contributed by atoms with van der Waals surface area (Å²) in [5.41, 5.74) is 13.2. The summed E-state index contributed by atoms with van der Waals surface area (Å²) in [6, 6.07) is 10.1. The molecule has 114 valence electrons. The first-order valence-corrected chi connectivity index (χ1v) is 7.54. The van der Waals surface area contributed by atoms with Crippen molar-refractivity contribution in [2.24, 2.45) is 17.6 Å². The fourth-order valence-electron chi connectivity index (χ4n) is 3.42.